The molecule has 8 aromatic carbocycles. The fourth-order valence-corrected chi connectivity index (χ4v) is 8.35. The lowest BCUT2D eigenvalue weighted by molar-refractivity contribution is 1.05. The number of nitrogens with zero attached hydrogens (tertiary/aromatic N) is 5. The van der Waals surface area contributed by atoms with E-state index in [0.29, 0.717) is 5.82 Å². The first-order valence-corrected chi connectivity index (χ1v) is 19.3. The number of para-hydroxylation sites is 4. The molecule has 5 heteroatoms. The fourth-order valence-electron chi connectivity index (χ4n) is 8.35. The molecule has 0 N–H and O–H groups in total. The van der Waals surface area contributed by atoms with E-state index >= 15 is 0 Å². The molecule has 3 aromatic heterocycles. The zero-order chi connectivity index (χ0) is 37.7. The van der Waals surface area contributed by atoms with E-state index in [9.17, 15) is 0 Å². The first-order chi connectivity index (χ1) is 28.3. The molecular weight excluding hydrogens is 695 g/mol. The van der Waals surface area contributed by atoms with Crippen molar-refractivity contribution < 1.29 is 0 Å². The van der Waals surface area contributed by atoms with Gasteiger partial charge in [-0.1, -0.05) is 133 Å². The monoisotopic (exact) mass is 729 g/mol. The Bertz CT molecular complexity index is 3070. The first kappa shape index (κ1) is 32.7. The van der Waals surface area contributed by atoms with E-state index in [4.69, 9.17) is 9.97 Å². The zero-order valence-corrected chi connectivity index (χ0v) is 30.9. The highest BCUT2D eigenvalue weighted by molar-refractivity contribution is 6.13. The predicted molar refractivity (Wildman–Crippen MR) is 236 cm³/mol. The second kappa shape index (κ2) is 13.5. The van der Waals surface area contributed by atoms with E-state index in [2.05, 4.69) is 202 Å². The standard InChI is InChI=1S/C52H35N5/c1-5-17-36(18-6-1)46-35-51(54-52(53-46)37-19-7-2-8-20-37)57-49-31-29-40(55(38-21-9-3-10-22-38)39-23-11-4-12-24-39)33-44(49)45-34-41(30-32-50(45)57)56-47-27-15-13-25-42(47)43-26-14-16-28-48(43)56/h1-35H. The number of fused-ring (bicyclic) bond motifs is 6. The van der Waals surface area contributed by atoms with Crippen LogP contribution < -0.4 is 4.90 Å². The molecule has 57 heavy (non-hydrogen) atoms. The lowest BCUT2D eigenvalue weighted by atomic mass is 10.1. The van der Waals surface area contributed by atoms with Crippen LogP contribution in [0.15, 0.2) is 212 Å². The van der Waals surface area contributed by atoms with Crippen molar-refractivity contribution in [3.8, 4) is 34.2 Å². The van der Waals surface area contributed by atoms with Gasteiger partial charge in [-0.2, -0.15) is 0 Å². The summed E-state index contributed by atoms with van der Waals surface area (Å²) in [6.07, 6.45) is 0. The molecule has 0 saturated carbocycles. The van der Waals surface area contributed by atoms with Crippen LogP contribution in [0.4, 0.5) is 17.1 Å². The fraction of sp³-hybridized carbons (Fsp3) is 0. The average molecular weight is 730 g/mol. The van der Waals surface area contributed by atoms with Gasteiger partial charge in [0.1, 0.15) is 5.82 Å². The minimum absolute atomic E-state index is 0.680. The van der Waals surface area contributed by atoms with Crippen LogP contribution in [0.1, 0.15) is 0 Å². The summed E-state index contributed by atoms with van der Waals surface area (Å²) in [5.74, 6) is 1.49. The summed E-state index contributed by atoms with van der Waals surface area (Å²) >= 11 is 0. The summed E-state index contributed by atoms with van der Waals surface area (Å²) in [6.45, 7) is 0. The highest BCUT2D eigenvalue weighted by Gasteiger charge is 2.21. The summed E-state index contributed by atoms with van der Waals surface area (Å²) < 4.78 is 4.70. The van der Waals surface area contributed by atoms with E-state index in [1.165, 1.54) is 21.8 Å². The van der Waals surface area contributed by atoms with Gasteiger partial charge in [-0.3, -0.25) is 4.57 Å². The third kappa shape index (κ3) is 5.56. The Hall–Kier alpha value is -7.76. The number of anilines is 3. The van der Waals surface area contributed by atoms with Crippen LogP contribution in [0.25, 0.3) is 77.8 Å². The maximum Gasteiger partial charge on any atom is 0.162 e. The maximum atomic E-state index is 5.31. The van der Waals surface area contributed by atoms with Gasteiger partial charge in [-0.15, -0.1) is 0 Å². The second-order valence-corrected chi connectivity index (χ2v) is 14.3. The van der Waals surface area contributed by atoms with Crippen LogP contribution >= 0.6 is 0 Å². The van der Waals surface area contributed by atoms with Gasteiger partial charge >= 0.3 is 0 Å². The zero-order valence-electron chi connectivity index (χ0n) is 30.9. The largest absolute Gasteiger partial charge is 0.310 e. The number of benzene rings is 8. The average Bonchev–Trinajstić information content (AvgIpc) is 3.80. The molecule has 0 spiro atoms. The van der Waals surface area contributed by atoms with E-state index in [1.807, 2.05) is 24.3 Å². The van der Waals surface area contributed by atoms with Crippen LogP contribution in [0.3, 0.4) is 0 Å². The lowest BCUT2D eigenvalue weighted by Crippen LogP contribution is -2.09. The first-order valence-electron chi connectivity index (χ1n) is 19.3. The van der Waals surface area contributed by atoms with Crippen LogP contribution in [0, 0.1) is 0 Å². The number of hydrogen-bond acceptors (Lipinski definition) is 3. The molecule has 0 amide bonds. The molecule has 11 aromatic rings. The quantitative estimate of drug-likeness (QED) is 0.164. The third-order valence-electron chi connectivity index (χ3n) is 10.9. The normalized spacial score (nSPS) is 11.5. The van der Waals surface area contributed by atoms with Crippen molar-refractivity contribution >= 4 is 60.7 Å². The highest BCUT2D eigenvalue weighted by Crippen LogP contribution is 2.41. The Morgan fingerprint density at radius 2 is 0.825 bits per heavy atom. The van der Waals surface area contributed by atoms with Crippen molar-refractivity contribution in [3.05, 3.63) is 212 Å². The summed E-state index contributed by atoms with van der Waals surface area (Å²) in [5.41, 5.74) is 11.7. The van der Waals surface area contributed by atoms with Gasteiger partial charge in [0.25, 0.3) is 0 Å². The van der Waals surface area contributed by atoms with Gasteiger partial charge in [0, 0.05) is 61.5 Å². The van der Waals surface area contributed by atoms with Crippen LogP contribution in [0.2, 0.25) is 0 Å². The van der Waals surface area contributed by atoms with Crippen LogP contribution in [0.5, 0.6) is 0 Å². The van der Waals surface area contributed by atoms with Crippen LogP contribution in [-0.4, -0.2) is 19.1 Å². The molecule has 5 nitrogen and oxygen atoms in total. The number of aromatic nitrogens is 4. The van der Waals surface area contributed by atoms with Gasteiger partial charge in [0.15, 0.2) is 5.82 Å². The van der Waals surface area contributed by atoms with Gasteiger partial charge in [0.2, 0.25) is 0 Å². The molecule has 0 aliphatic carbocycles. The van der Waals surface area contributed by atoms with Gasteiger partial charge in [-0.25, -0.2) is 9.97 Å². The Labute approximate surface area is 330 Å². The summed E-state index contributed by atoms with van der Waals surface area (Å²) in [4.78, 5) is 12.8. The molecule has 268 valence electrons. The van der Waals surface area contributed by atoms with Gasteiger partial charge in [0.05, 0.1) is 27.8 Å². The topological polar surface area (TPSA) is 38.9 Å². The van der Waals surface area contributed by atoms with Crippen molar-refractivity contribution in [2.24, 2.45) is 0 Å². The predicted octanol–water partition coefficient (Wildman–Crippen LogP) is 13.5. The Morgan fingerprint density at radius 1 is 0.333 bits per heavy atom. The summed E-state index contributed by atoms with van der Waals surface area (Å²) in [7, 11) is 0. The molecule has 11 rings (SSSR count). The Balaban J connectivity index is 1.21. The van der Waals surface area contributed by atoms with Crippen molar-refractivity contribution in [2.45, 2.75) is 0 Å². The molecule has 0 fully saturated rings. The SMILES string of the molecule is c1ccc(-c2cc(-n3c4ccc(N(c5ccccc5)c5ccccc5)cc4c4cc(-n5c6ccccc6c6ccccc65)ccc43)nc(-c3ccccc3)n2)cc1. The van der Waals surface area contributed by atoms with Crippen molar-refractivity contribution in [2.75, 3.05) is 4.90 Å². The molecule has 0 aliphatic rings. The Kier molecular flexibility index (Phi) is 7.74. The molecule has 0 aliphatic heterocycles. The maximum absolute atomic E-state index is 5.31. The van der Waals surface area contributed by atoms with Crippen molar-refractivity contribution in [1.29, 1.82) is 0 Å². The lowest BCUT2D eigenvalue weighted by Gasteiger charge is -2.25. The third-order valence-corrected chi connectivity index (χ3v) is 10.9. The molecule has 0 unspecified atom stereocenters. The molecule has 3 heterocycles. The van der Waals surface area contributed by atoms with Crippen LogP contribution in [-0.2, 0) is 0 Å². The van der Waals surface area contributed by atoms with Gasteiger partial charge < -0.3 is 9.47 Å². The minimum atomic E-state index is 0.680. The van der Waals surface area contributed by atoms with E-state index in [0.717, 1.165) is 67.2 Å². The van der Waals surface area contributed by atoms with Crippen molar-refractivity contribution in [3.63, 3.8) is 0 Å². The molecule has 0 radical (unpaired) electrons. The highest BCUT2D eigenvalue weighted by atomic mass is 15.1. The molecular formula is C52H35N5. The van der Waals surface area contributed by atoms with E-state index < -0.39 is 0 Å². The van der Waals surface area contributed by atoms with E-state index in [1.54, 1.807) is 0 Å². The smallest absolute Gasteiger partial charge is 0.162 e. The number of hydrogen-bond donors (Lipinski definition) is 0. The second-order valence-electron chi connectivity index (χ2n) is 14.3. The van der Waals surface area contributed by atoms with Gasteiger partial charge in [-0.05, 0) is 72.8 Å². The summed E-state index contributed by atoms with van der Waals surface area (Å²) in [6, 6.07) is 74.9. The number of rotatable bonds is 7. The Morgan fingerprint density at radius 3 is 1.44 bits per heavy atom. The molecule has 0 atom stereocenters. The minimum Gasteiger partial charge on any atom is -0.310 e. The van der Waals surface area contributed by atoms with Crippen molar-refractivity contribution in [1.82, 2.24) is 19.1 Å². The van der Waals surface area contributed by atoms with E-state index in [-0.39, 0.29) is 0 Å². The summed E-state index contributed by atoms with van der Waals surface area (Å²) in [5, 5.41) is 4.74. The molecule has 0 bridgehead atoms. The molecule has 0 saturated heterocycles.